The van der Waals surface area contributed by atoms with Crippen molar-refractivity contribution in [3.63, 3.8) is 0 Å². The molecule has 4 rings (SSSR count). The van der Waals surface area contributed by atoms with Gasteiger partial charge in [0.25, 0.3) is 5.91 Å². The van der Waals surface area contributed by atoms with Gasteiger partial charge in [-0.2, -0.15) is 0 Å². The summed E-state index contributed by atoms with van der Waals surface area (Å²) in [6.07, 6.45) is 1.69. The number of para-hydroxylation sites is 2. The number of aryl methyl sites for hydroxylation is 2. The van der Waals surface area contributed by atoms with E-state index in [-0.39, 0.29) is 10.9 Å². The molecule has 1 fully saturated rings. The number of hydrogen-bond donors (Lipinski definition) is 2. The molecule has 0 atom stereocenters. The minimum Gasteiger partial charge on any atom is -0.455 e. The van der Waals surface area contributed by atoms with Gasteiger partial charge in [-0.25, -0.2) is 13.1 Å². The summed E-state index contributed by atoms with van der Waals surface area (Å²) < 4.78 is 33.7. The van der Waals surface area contributed by atoms with E-state index in [9.17, 15) is 13.2 Å². The molecule has 0 spiro atoms. The van der Waals surface area contributed by atoms with Crippen LogP contribution in [0.2, 0.25) is 0 Å². The molecule has 1 aliphatic carbocycles. The molecule has 6 nitrogen and oxygen atoms in total. The highest BCUT2D eigenvalue weighted by molar-refractivity contribution is 7.89. The lowest BCUT2D eigenvalue weighted by atomic mass is 10.1. The summed E-state index contributed by atoms with van der Waals surface area (Å²) in [5.74, 6) is 0.750. The number of amides is 1. The fourth-order valence-electron chi connectivity index (χ4n) is 3.08. The average molecular weight is 437 g/mol. The van der Waals surface area contributed by atoms with Crippen molar-refractivity contribution in [1.82, 2.24) is 4.72 Å². The fraction of sp³-hybridized carbons (Fsp3) is 0.208. The Hall–Kier alpha value is -3.16. The summed E-state index contributed by atoms with van der Waals surface area (Å²) in [4.78, 5) is 13.1. The summed E-state index contributed by atoms with van der Waals surface area (Å²) in [6, 6.07) is 19.3. The predicted octanol–water partition coefficient (Wildman–Crippen LogP) is 4.79. The number of carbonyl (C=O) groups excluding carboxylic acids is 1. The zero-order chi connectivity index (χ0) is 22.0. The van der Waals surface area contributed by atoms with Crippen LogP contribution in [-0.2, 0) is 10.0 Å². The highest BCUT2D eigenvalue weighted by Crippen LogP contribution is 2.30. The van der Waals surface area contributed by atoms with Gasteiger partial charge in [0.15, 0.2) is 5.75 Å². The van der Waals surface area contributed by atoms with E-state index in [0.29, 0.717) is 28.3 Å². The SMILES string of the molecule is Cc1ccc(Oc2ccccc2NC(=O)c2cc(S(=O)(=O)NC3CC3)ccc2C)cc1. The Morgan fingerprint density at radius 2 is 1.68 bits per heavy atom. The summed E-state index contributed by atoms with van der Waals surface area (Å²) >= 11 is 0. The van der Waals surface area contributed by atoms with Gasteiger partial charge < -0.3 is 10.1 Å². The molecular formula is C24H24N2O4S. The van der Waals surface area contributed by atoms with Crippen LogP contribution in [0.25, 0.3) is 0 Å². The predicted molar refractivity (Wildman–Crippen MR) is 120 cm³/mol. The van der Waals surface area contributed by atoms with Gasteiger partial charge in [0.05, 0.1) is 10.6 Å². The standard InChI is InChI=1S/C24H24N2O4S/c1-16-7-12-19(13-8-16)30-23-6-4-3-5-22(23)25-24(27)21-15-20(14-9-17(21)2)31(28,29)26-18-10-11-18/h3-9,12-15,18,26H,10-11H2,1-2H3,(H,25,27). The molecular weight excluding hydrogens is 412 g/mol. The number of rotatable bonds is 7. The molecule has 0 unspecified atom stereocenters. The summed E-state index contributed by atoms with van der Waals surface area (Å²) in [5, 5.41) is 2.85. The van der Waals surface area contributed by atoms with Crippen LogP contribution in [0.1, 0.15) is 34.3 Å². The third kappa shape index (κ3) is 5.13. The molecule has 160 valence electrons. The molecule has 0 saturated heterocycles. The highest BCUT2D eigenvalue weighted by Gasteiger charge is 2.28. The van der Waals surface area contributed by atoms with Crippen molar-refractivity contribution in [3.05, 3.63) is 83.4 Å². The van der Waals surface area contributed by atoms with Crippen LogP contribution in [-0.4, -0.2) is 20.4 Å². The molecule has 1 amide bonds. The number of benzene rings is 3. The molecule has 0 aliphatic heterocycles. The Morgan fingerprint density at radius 1 is 0.968 bits per heavy atom. The van der Waals surface area contributed by atoms with Gasteiger partial charge in [-0.15, -0.1) is 0 Å². The van der Waals surface area contributed by atoms with Gasteiger partial charge in [0.1, 0.15) is 5.75 Å². The number of hydrogen-bond acceptors (Lipinski definition) is 4. The molecule has 1 aliphatic rings. The third-order valence-electron chi connectivity index (χ3n) is 5.05. The van der Waals surface area contributed by atoms with Crippen LogP contribution < -0.4 is 14.8 Å². The Morgan fingerprint density at radius 3 is 2.39 bits per heavy atom. The van der Waals surface area contributed by atoms with Crippen LogP contribution in [0.3, 0.4) is 0 Å². The maximum Gasteiger partial charge on any atom is 0.256 e. The van der Waals surface area contributed by atoms with E-state index >= 15 is 0 Å². The molecule has 0 aromatic heterocycles. The van der Waals surface area contributed by atoms with Crippen molar-refractivity contribution in [2.24, 2.45) is 0 Å². The van der Waals surface area contributed by atoms with Crippen molar-refractivity contribution in [2.75, 3.05) is 5.32 Å². The third-order valence-corrected chi connectivity index (χ3v) is 6.57. The van der Waals surface area contributed by atoms with Crippen LogP contribution >= 0.6 is 0 Å². The monoisotopic (exact) mass is 436 g/mol. The molecule has 31 heavy (non-hydrogen) atoms. The maximum absolute atomic E-state index is 13.0. The minimum atomic E-state index is -3.65. The minimum absolute atomic E-state index is 0.00520. The lowest BCUT2D eigenvalue weighted by molar-refractivity contribution is 0.102. The van der Waals surface area contributed by atoms with E-state index in [1.807, 2.05) is 37.3 Å². The number of carbonyl (C=O) groups is 1. The van der Waals surface area contributed by atoms with Crippen molar-refractivity contribution in [2.45, 2.75) is 37.6 Å². The van der Waals surface area contributed by atoms with E-state index in [4.69, 9.17) is 4.74 Å². The number of anilines is 1. The van der Waals surface area contributed by atoms with Crippen molar-refractivity contribution in [3.8, 4) is 11.5 Å². The molecule has 3 aromatic carbocycles. The van der Waals surface area contributed by atoms with Gasteiger partial charge in [-0.1, -0.05) is 35.9 Å². The van der Waals surface area contributed by atoms with Crippen LogP contribution in [0, 0.1) is 13.8 Å². The van der Waals surface area contributed by atoms with Crippen LogP contribution in [0.4, 0.5) is 5.69 Å². The first kappa shape index (κ1) is 21.1. The lowest BCUT2D eigenvalue weighted by Gasteiger charge is -2.14. The Kier molecular flexibility index (Phi) is 5.80. The zero-order valence-electron chi connectivity index (χ0n) is 17.4. The lowest BCUT2D eigenvalue weighted by Crippen LogP contribution is -2.26. The molecule has 0 radical (unpaired) electrons. The van der Waals surface area contributed by atoms with Gasteiger partial charge in [0.2, 0.25) is 10.0 Å². The average Bonchev–Trinajstić information content (AvgIpc) is 3.54. The first-order valence-electron chi connectivity index (χ1n) is 10.1. The van der Waals surface area contributed by atoms with Gasteiger partial charge >= 0.3 is 0 Å². The van der Waals surface area contributed by atoms with Gasteiger partial charge in [-0.05, 0) is 68.7 Å². The summed E-state index contributed by atoms with van der Waals surface area (Å²) in [6.45, 7) is 3.77. The second-order valence-corrected chi connectivity index (χ2v) is 9.45. The normalized spacial score (nSPS) is 13.6. The van der Waals surface area contributed by atoms with Gasteiger partial charge in [0, 0.05) is 11.6 Å². The second kappa shape index (κ2) is 8.53. The van der Waals surface area contributed by atoms with E-state index in [0.717, 1.165) is 18.4 Å². The fourth-order valence-corrected chi connectivity index (χ4v) is 4.41. The maximum atomic E-state index is 13.0. The van der Waals surface area contributed by atoms with Crippen LogP contribution in [0.5, 0.6) is 11.5 Å². The highest BCUT2D eigenvalue weighted by atomic mass is 32.2. The van der Waals surface area contributed by atoms with Crippen molar-refractivity contribution in [1.29, 1.82) is 0 Å². The number of nitrogens with one attached hydrogen (secondary N) is 2. The quantitative estimate of drug-likeness (QED) is 0.558. The number of ether oxygens (including phenoxy) is 1. The van der Waals surface area contributed by atoms with E-state index < -0.39 is 15.9 Å². The smallest absolute Gasteiger partial charge is 0.256 e. The number of sulfonamides is 1. The zero-order valence-corrected chi connectivity index (χ0v) is 18.2. The second-order valence-electron chi connectivity index (χ2n) is 7.74. The van der Waals surface area contributed by atoms with Gasteiger partial charge in [-0.3, -0.25) is 4.79 Å². The molecule has 1 saturated carbocycles. The van der Waals surface area contributed by atoms with E-state index in [1.165, 1.54) is 12.1 Å². The molecule has 2 N–H and O–H groups in total. The molecule has 7 heteroatoms. The Labute approximate surface area is 182 Å². The molecule has 0 heterocycles. The Balaban J connectivity index is 1.57. The van der Waals surface area contributed by atoms with E-state index in [2.05, 4.69) is 10.0 Å². The molecule has 3 aromatic rings. The van der Waals surface area contributed by atoms with Crippen molar-refractivity contribution >= 4 is 21.6 Å². The largest absolute Gasteiger partial charge is 0.455 e. The summed E-state index contributed by atoms with van der Waals surface area (Å²) in [7, 11) is -3.65. The van der Waals surface area contributed by atoms with Crippen LogP contribution in [0.15, 0.2) is 71.6 Å². The molecule has 0 bridgehead atoms. The topological polar surface area (TPSA) is 84.5 Å². The first-order chi connectivity index (χ1) is 14.8. The van der Waals surface area contributed by atoms with Crippen molar-refractivity contribution < 1.29 is 17.9 Å². The first-order valence-corrected chi connectivity index (χ1v) is 11.6. The Bertz CT molecular complexity index is 1220. The van der Waals surface area contributed by atoms with E-state index in [1.54, 1.807) is 31.2 Å². The summed E-state index contributed by atoms with van der Waals surface area (Å²) in [5.41, 5.74) is 2.59.